The average Bonchev–Trinajstić information content (AvgIpc) is 3.60. The molecule has 3 aliphatic heterocycles. The van der Waals surface area contributed by atoms with E-state index >= 15 is 0 Å². The Bertz CT molecular complexity index is 1130. The SMILES string of the molecule is O=C(CSc1ccc(O)cc1)N[C@@H]1C(=O)N2C(C(=O)O)=C(/C=C3\CCN(C4CC4)C3=O)CS[C@H]12.[NaH]. The Kier molecular flexibility index (Phi) is 7.92. The number of phenols is 1. The zero-order chi connectivity index (χ0) is 24.0. The molecular weight excluding hydrogens is 501 g/mol. The van der Waals surface area contributed by atoms with Gasteiger partial charge in [0, 0.05) is 28.8 Å². The van der Waals surface area contributed by atoms with Gasteiger partial charge < -0.3 is 20.4 Å². The summed E-state index contributed by atoms with van der Waals surface area (Å²) in [5.74, 6) is -1.50. The van der Waals surface area contributed by atoms with Crippen LogP contribution in [0, 0.1) is 0 Å². The number of fused-ring (bicyclic) bond motifs is 1. The molecule has 1 aromatic carbocycles. The molecule has 3 fully saturated rings. The Morgan fingerprint density at radius 3 is 2.57 bits per heavy atom. The van der Waals surface area contributed by atoms with Gasteiger partial charge in [0.25, 0.3) is 5.91 Å². The zero-order valence-corrected chi connectivity index (χ0v) is 19.7. The fourth-order valence-corrected chi connectivity index (χ4v) is 6.39. The maximum atomic E-state index is 12.8. The molecule has 0 unspecified atom stereocenters. The number of phenolic OH excluding ortho intramolecular Hbond substituents is 1. The van der Waals surface area contributed by atoms with Crippen molar-refractivity contribution >= 4 is 76.8 Å². The van der Waals surface area contributed by atoms with Crippen molar-refractivity contribution < 1.29 is 29.4 Å². The van der Waals surface area contributed by atoms with Crippen LogP contribution in [0.3, 0.4) is 0 Å². The summed E-state index contributed by atoms with van der Waals surface area (Å²) < 4.78 is 0. The van der Waals surface area contributed by atoms with E-state index in [9.17, 15) is 29.4 Å². The predicted molar refractivity (Wildman–Crippen MR) is 133 cm³/mol. The van der Waals surface area contributed by atoms with Crippen LogP contribution < -0.4 is 5.32 Å². The van der Waals surface area contributed by atoms with Crippen molar-refractivity contribution in [1.29, 1.82) is 0 Å². The van der Waals surface area contributed by atoms with Crippen molar-refractivity contribution in [2.45, 2.75) is 41.6 Å². The van der Waals surface area contributed by atoms with Gasteiger partial charge in [0.1, 0.15) is 22.9 Å². The van der Waals surface area contributed by atoms with Crippen LogP contribution in [-0.2, 0) is 19.2 Å². The van der Waals surface area contributed by atoms with Gasteiger partial charge in [0.15, 0.2) is 0 Å². The van der Waals surface area contributed by atoms with E-state index in [-0.39, 0.29) is 58.6 Å². The monoisotopic (exact) mass is 525 g/mol. The van der Waals surface area contributed by atoms with E-state index in [1.54, 1.807) is 18.2 Å². The zero-order valence-electron chi connectivity index (χ0n) is 18.1. The number of amides is 3. The molecule has 12 heteroatoms. The first-order chi connectivity index (χ1) is 16.3. The molecule has 180 valence electrons. The molecule has 9 nitrogen and oxygen atoms in total. The maximum absolute atomic E-state index is 12.8. The molecule has 3 N–H and O–H groups in total. The van der Waals surface area contributed by atoms with E-state index in [0.717, 1.165) is 17.7 Å². The third-order valence-corrected chi connectivity index (χ3v) is 8.53. The van der Waals surface area contributed by atoms with Gasteiger partial charge in [-0.2, -0.15) is 0 Å². The molecule has 2 atom stereocenters. The number of β-lactam (4-membered cyclic amide) rings is 1. The van der Waals surface area contributed by atoms with E-state index in [2.05, 4.69) is 5.32 Å². The number of hydrogen-bond acceptors (Lipinski definition) is 7. The van der Waals surface area contributed by atoms with Crippen LogP contribution in [0.1, 0.15) is 19.3 Å². The van der Waals surface area contributed by atoms with E-state index < -0.39 is 23.3 Å². The molecule has 1 saturated carbocycles. The summed E-state index contributed by atoms with van der Waals surface area (Å²) in [6, 6.07) is 5.96. The molecular formula is C23H24N3NaO6S2. The van der Waals surface area contributed by atoms with Gasteiger partial charge in [0.2, 0.25) is 11.8 Å². The number of hydrogen-bond donors (Lipinski definition) is 3. The van der Waals surface area contributed by atoms with Gasteiger partial charge in [-0.15, -0.1) is 23.5 Å². The molecule has 0 spiro atoms. The molecule has 4 aliphatic rings. The molecule has 5 rings (SSSR count). The molecule has 0 aromatic heterocycles. The number of benzene rings is 1. The minimum absolute atomic E-state index is 0. The normalized spacial score (nSPS) is 24.7. The Balaban J connectivity index is 0.00000289. The van der Waals surface area contributed by atoms with Crippen LogP contribution >= 0.6 is 23.5 Å². The second-order valence-electron chi connectivity index (χ2n) is 8.57. The first-order valence-electron chi connectivity index (χ1n) is 11.0. The number of aromatic hydroxyl groups is 1. The van der Waals surface area contributed by atoms with Crippen LogP contribution in [0.15, 0.2) is 52.1 Å². The van der Waals surface area contributed by atoms with Crippen LogP contribution in [0.5, 0.6) is 5.75 Å². The van der Waals surface area contributed by atoms with E-state index in [0.29, 0.717) is 35.9 Å². The van der Waals surface area contributed by atoms with Crippen molar-refractivity contribution in [3.05, 3.63) is 47.2 Å². The fourth-order valence-electron chi connectivity index (χ4n) is 4.37. The average molecular weight is 526 g/mol. The van der Waals surface area contributed by atoms with Gasteiger partial charge in [-0.25, -0.2) is 4.79 Å². The van der Waals surface area contributed by atoms with Crippen LogP contribution in [0.25, 0.3) is 0 Å². The molecule has 2 saturated heterocycles. The molecule has 3 heterocycles. The number of carbonyl (C=O) groups excluding carboxylic acids is 3. The Labute approximate surface area is 232 Å². The number of carboxylic acids is 1. The number of likely N-dealkylation sites (tertiary alicyclic amines) is 1. The molecule has 1 aromatic rings. The number of aliphatic carboxylic acids is 1. The van der Waals surface area contributed by atoms with Crippen LogP contribution in [0.2, 0.25) is 0 Å². The second-order valence-corrected chi connectivity index (χ2v) is 10.7. The van der Waals surface area contributed by atoms with E-state index in [1.165, 1.54) is 40.6 Å². The summed E-state index contributed by atoms with van der Waals surface area (Å²) >= 11 is 2.65. The van der Waals surface area contributed by atoms with Gasteiger partial charge in [-0.3, -0.25) is 19.3 Å². The van der Waals surface area contributed by atoms with Gasteiger partial charge in [0.05, 0.1) is 5.75 Å². The third kappa shape index (κ3) is 5.29. The van der Waals surface area contributed by atoms with Gasteiger partial charge >= 0.3 is 35.5 Å². The summed E-state index contributed by atoms with van der Waals surface area (Å²) in [5, 5.41) is 21.4. The summed E-state index contributed by atoms with van der Waals surface area (Å²) in [6.45, 7) is 0.652. The topological polar surface area (TPSA) is 127 Å². The van der Waals surface area contributed by atoms with Crippen molar-refractivity contribution in [2.24, 2.45) is 0 Å². The number of rotatable bonds is 7. The standard InChI is InChI=1S/C23H23N3O6S2.Na.H/c27-15-3-5-16(6-4-15)33-11-17(28)24-18-21(30)26-19(23(31)32)13(10-34-22(18)26)9-12-7-8-25(20(12)29)14-1-2-14;;/h3-6,9,14,18,22,27H,1-2,7-8,10-11H2,(H,24,28)(H,31,32);;/b12-9+;;/t18-,22-;;/m1../s1. The Morgan fingerprint density at radius 1 is 1.20 bits per heavy atom. The quantitative estimate of drug-likeness (QED) is 0.207. The Morgan fingerprint density at radius 2 is 1.91 bits per heavy atom. The minimum atomic E-state index is -1.22. The van der Waals surface area contributed by atoms with E-state index in [4.69, 9.17) is 0 Å². The van der Waals surface area contributed by atoms with Crippen molar-refractivity contribution in [2.75, 3.05) is 18.1 Å². The second kappa shape index (κ2) is 10.6. The number of carboxylic acid groups (broad SMARTS) is 1. The number of nitrogens with one attached hydrogen (secondary N) is 1. The van der Waals surface area contributed by atoms with Crippen molar-refractivity contribution in [1.82, 2.24) is 15.1 Å². The molecule has 1 aliphatic carbocycles. The molecule has 0 radical (unpaired) electrons. The van der Waals surface area contributed by atoms with E-state index in [1.807, 2.05) is 4.90 Å². The molecule has 0 bridgehead atoms. The third-order valence-electron chi connectivity index (χ3n) is 6.22. The van der Waals surface area contributed by atoms with Gasteiger partial charge in [-0.05, 0) is 55.2 Å². The number of thioether (sulfide) groups is 2. The van der Waals surface area contributed by atoms with Crippen LogP contribution in [0.4, 0.5) is 0 Å². The summed E-state index contributed by atoms with van der Waals surface area (Å²) in [5.41, 5.74) is 0.933. The number of nitrogens with zero attached hydrogens (tertiary/aromatic N) is 2. The summed E-state index contributed by atoms with van der Waals surface area (Å²) in [4.78, 5) is 53.8. The van der Waals surface area contributed by atoms with Crippen molar-refractivity contribution in [3.8, 4) is 5.75 Å². The number of carbonyl (C=O) groups is 4. The number of allylic oxidation sites excluding steroid dienone is 1. The first-order valence-corrected chi connectivity index (χ1v) is 13.0. The molecule has 35 heavy (non-hydrogen) atoms. The molecule has 3 amide bonds. The Hall–Kier alpha value is -1.92. The summed E-state index contributed by atoms with van der Waals surface area (Å²) in [7, 11) is 0. The predicted octanol–water partition coefficient (Wildman–Crippen LogP) is 0.896. The first kappa shape index (κ1) is 26.2. The summed E-state index contributed by atoms with van der Waals surface area (Å²) in [6.07, 6.45) is 4.25. The van der Waals surface area contributed by atoms with Crippen LogP contribution in [-0.4, -0.2) is 109 Å². The van der Waals surface area contributed by atoms with Crippen molar-refractivity contribution in [3.63, 3.8) is 0 Å². The van der Waals surface area contributed by atoms with Gasteiger partial charge in [-0.1, -0.05) is 0 Å². The fraction of sp³-hybridized carbons (Fsp3) is 0.391.